The molecule has 1 unspecified atom stereocenters. The Morgan fingerprint density at radius 1 is 0.818 bits per heavy atom. The Morgan fingerprint density at radius 3 is 1.77 bits per heavy atom. The molecule has 0 saturated carbocycles. The van der Waals surface area contributed by atoms with E-state index in [1.807, 2.05) is 55.5 Å². The van der Waals surface area contributed by atoms with Crippen molar-refractivity contribution in [3.8, 4) is 11.5 Å². The third-order valence-electron chi connectivity index (χ3n) is 4.16. The number of hydrogen-bond acceptors (Lipinski definition) is 3. The van der Waals surface area contributed by atoms with Crippen LogP contribution in [0.3, 0.4) is 0 Å². The van der Waals surface area contributed by atoms with Gasteiger partial charge in [0.2, 0.25) is 0 Å². The highest BCUT2D eigenvalue weighted by Gasteiger charge is 2.37. The van der Waals surface area contributed by atoms with Crippen molar-refractivity contribution in [2.24, 2.45) is 0 Å². The van der Waals surface area contributed by atoms with Gasteiger partial charge in [-0.3, -0.25) is 4.79 Å². The van der Waals surface area contributed by atoms with E-state index in [1.165, 1.54) is 0 Å². The zero-order valence-electron chi connectivity index (χ0n) is 12.9. The lowest BCUT2D eigenvalue weighted by Gasteiger charge is -2.30. The van der Waals surface area contributed by atoms with Crippen LogP contribution in [0.2, 0.25) is 0 Å². The first kappa shape index (κ1) is 14.4. The van der Waals surface area contributed by atoms with E-state index in [-0.39, 0.29) is 11.7 Å². The third kappa shape index (κ3) is 2.29. The smallest absolute Gasteiger partial charge is 0.174 e. The van der Waals surface area contributed by atoms with Crippen LogP contribution in [0.15, 0.2) is 54.1 Å². The number of methoxy groups -OCH3 is 2. The van der Waals surface area contributed by atoms with Gasteiger partial charge in [0.05, 0.1) is 20.1 Å². The fraction of sp³-hybridized carbons (Fsp3) is 0.211. The van der Waals surface area contributed by atoms with Crippen molar-refractivity contribution in [3.63, 3.8) is 0 Å². The molecule has 112 valence electrons. The second-order valence-corrected chi connectivity index (χ2v) is 5.36. The zero-order valence-corrected chi connectivity index (χ0v) is 12.9. The summed E-state index contributed by atoms with van der Waals surface area (Å²) in [5, 5.41) is 0. The van der Waals surface area contributed by atoms with Crippen molar-refractivity contribution in [1.82, 2.24) is 0 Å². The van der Waals surface area contributed by atoms with E-state index in [9.17, 15) is 4.79 Å². The molecule has 22 heavy (non-hydrogen) atoms. The first-order valence-corrected chi connectivity index (χ1v) is 7.19. The fourth-order valence-electron chi connectivity index (χ4n) is 2.93. The van der Waals surface area contributed by atoms with Crippen LogP contribution in [0.4, 0.5) is 0 Å². The van der Waals surface area contributed by atoms with E-state index in [0.29, 0.717) is 0 Å². The van der Waals surface area contributed by atoms with Gasteiger partial charge in [0.15, 0.2) is 5.78 Å². The molecule has 3 rings (SSSR count). The van der Waals surface area contributed by atoms with Gasteiger partial charge in [-0.25, -0.2) is 0 Å². The summed E-state index contributed by atoms with van der Waals surface area (Å²) in [5.41, 5.74) is 3.90. The van der Waals surface area contributed by atoms with E-state index < -0.39 is 0 Å². The van der Waals surface area contributed by atoms with E-state index in [2.05, 4.69) is 0 Å². The molecule has 0 amide bonds. The van der Waals surface area contributed by atoms with Gasteiger partial charge in [0, 0.05) is 5.57 Å². The molecule has 1 aliphatic rings. The maximum atomic E-state index is 12.6. The molecule has 0 saturated heterocycles. The van der Waals surface area contributed by atoms with Gasteiger partial charge >= 0.3 is 0 Å². The Hall–Kier alpha value is -2.55. The van der Waals surface area contributed by atoms with Crippen molar-refractivity contribution >= 4 is 11.4 Å². The Bertz CT molecular complexity index is 724. The summed E-state index contributed by atoms with van der Waals surface area (Å²) in [6.07, 6.45) is 0. The van der Waals surface area contributed by atoms with Gasteiger partial charge in [-0.05, 0) is 47.9 Å². The van der Waals surface area contributed by atoms with E-state index in [0.717, 1.165) is 33.8 Å². The molecule has 0 bridgehead atoms. The van der Waals surface area contributed by atoms with Crippen molar-refractivity contribution in [2.45, 2.75) is 12.8 Å². The quantitative estimate of drug-likeness (QED) is 0.859. The summed E-state index contributed by atoms with van der Waals surface area (Å²) in [6, 6.07) is 15.3. The van der Waals surface area contributed by atoms with E-state index in [4.69, 9.17) is 9.47 Å². The average molecular weight is 294 g/mol. The lowest BCUT2D eigenvalue weighted by Crippen LogP contribution is -2.27. The van der Waals surface area contributed by atoms with Crippen LogP contribution in [-0.2, 0) is 4.79 Å². The Morgan fingerprint density at radius 2 is 1.32 bits per heavy atom. The van der Waals surface area contributed by atoms with Crippen molar-refractivity contribution < 1.29 is 14.3 Å². The molecule has 0 radical (unpaired) electrons. The van der Waals surface area contributed by atoms with Gasteiger partial charge in [-0.15, -0.1) is 0 Å². The number of ether oxygens (including phenoxy) is 2. The average Bonchev–Trinajstić information content (AvgIpc) is 2.56. The lowest BCUT2D eigenvalue weighted by molar-refractivity contribution is -0.115. The molecule has 1 aliphatic carbocycles. The summed E-state index contributed by atoms with van der Waals surface area (Å²) in [6.45, 7) is 2.02. The maximum Gasteiger partial charge on any atom is 0.174 e. The standard InChI is InChI=1S/C19H18O3/c1-12-17(13-4-8-15(21-2)9-5-13)19(20)18(12)14-6-10-16(22-3)11-7-14/h4-11,17H,1-3H3. The fourth-order valence-corrected chi connectivity index (χ4v) is 2.93. The highest BCUT2D eigenvalue weighted by atomic mass is 16.5. The summed E-state index contributed by atoms with van der Waals surface area (Å²) < 4.78 is 10.3. The highest BCUT2D eigenvalue weighted by Crippen LogP contribution is 2.44. The molecule has 3 nitrogen and oxygen atoms in total. The maximum absolute atomic E-state index is 12.6. The largest absolute Gasteiger partial charge is 0.497 e. The molecule has 0 aromatic heterocycles. The molecular formula is C19H18O3. The first-order chi connectivity index (χ1) is 10.7. The minimum absolute atomic E-state index is 0.136. The molecule has 0 heterocycles. The number of allylic oxidation sites excluding steroid dienone is 2. The molecular weight excluding hydrogens is 276 g/mol. The number of ketones is 1. The first-order valence-electron chi connectivity index (χ1n) is 7.19. The SMILES string of the molecule is COc1ccc(C2=C(C)C(c3ccc(OC)cc3)C2=O)cc1. The van der Waals surface area contributed by atoms with Gasteiger partial charge in [0.1, 0.15) is 11.5 Å². The molecule has 1 atom stereocenters. The second kappa shape index (κ2) is 5.68. The van der Waals surface area contributed by atoms with Crippen LogP contribution in [0, 0.1) is 0 Å². The normalized spacial score (nSPS) is 17.2. The number of carbonyl (C=O) groups is 1. The van der Waals surface area contributed by atoms with Crippen LogP contribution in [0.5, 0.6) is 11.5 Å². The molecule has 0 spiro atoms. The lowest BCUT2D eigenvalue weighted by atomic mass is 9.71. The van der Waals surface area contributed by atoms with Gasteiger partial charge < -0.3 is 9.47 Å². The monoisotopic (exact) mass is 294 g/mol. The molecule has 0 aliphatic heterocycles. The van der Waals surface area contributed by atoms with Crippen molar-refractivity contribution in [1.29, 1.82) is 0 Å². The molecule has 3 heteroatoms. The van der Waals surface area contributed by atoms with Crippen molar-refractivity contribution in [2.75, 3.05) is 14.2 Å². The van der Waals surface area contributed by atoms with E-state index >= 15 is 0 Å². The summed E-state index contributed by atoms with van der Waals surface area (Å²) in [4.78, 5) is 12.6. The summed E-state index contributed by atoms with van der Waals surface area (Å²) in [5.74, 6) is 1.63. The number of rotatable bonds is 4. The van der Waals surface area contributed by atoms with Crippen molar-refractivity contribution in [3.05, 3.63) is 65.2 Å². The Kier molecular flexibility index (Phi) is 3.72. The molecule has 0 fully saturated rings. The minimum atomic E-state index is -0.136. The Balaban J connectivity index is 1.90. The van der Waals surface area contributed by atoms with Crippen LogP contribution < -0.4 is 9.47 Å². The van der Waals surface area contributed by atoms with Crippen LogP contribution >= 0.6 is 0 Å². The zero-order chi connectivity index (χ0) is 15.7. The number of Topliss-reactive ketones (excluding diaryl/α,β-unsaturated/α-hetero) is 1. The highest BCUT2D eigenvalue weighted by molar-refractivity contribution is 6.32. The van der Waals surface area contributed by atoms with Crippen LogP contribution in [0.1, 0.15) is 24.0 Å². The van der Waals surface area contributed by atoms with E-state index in [1.54, 1.807) is 14.2 Å². The predicted molar refractivity (Wildman–Crippen MR) is 86.3 cm³/mol. The Labute approximate surface area is 130 Å². The third-order valence-corrected chi connectivity index (χ3v) is 4.16. The second-order valence-electron chi connectivity index (χ2n) is 5.36. The van der Waals surface area contributed by atoms with Crippen LogP contribution in [-0.4, -0.2) is 20.0 Å². The molecule has 2 aromatic carbocycles. The van der Waals surface area contributed by atoms with Crippen LogP contribution in [0.25, 0.3) is 5.57 Å². The predicted octanol–water partition coefficient (Wildman–Crippen LogP) is 3.84. The molecule has 0 N–H and O–H groups in total. The summed E-state index contributed by atoms with van der Waals surface area (Å²) in [7, 11) is 3.27. The topological polar surface area (TPSA) is 35.5 Å². The van der Waals surface area contributed by atoms with Gasteiger partial charge in [-0.2, -0.15) is 0 Å². The van der Waals surface area contributed by atoms with Gasteiger partial charge in [-0.1, -0.05) is 24.3 Å². The number of carbonyl (C=O) groups excluding carboxylic acids is 1. The molecule has 2 aromatic rings. The number of hydrogen-bond donors (Lipinski definition) is 0. The minimum Gasteiger partial charge on any atom is -0.497 e. The summed E-state index contributed by atoms with van der Waals surface area (Å²) >= 11 is 0. The van der Waals surface area contributed by atoms with Gasteiger partial charge in [0.25, 0.3) is 0 Å². The number of benzene rings is 2.